The Balaban J connectivity index is 1.97. The molecule has 1 aliphatic heterocycles. The van der Waals surface area contributed by atoms with Crippen molar-refractivity contribution in [2.24, 2.45) is 0 Å². The van der Waals surface area contributed by atoms with E-state index < -0.39 is 0 Å². The fourth-order valence-corrected chi connectivity index (χ4v) is 2.91. The molecule has 0 unspecified atom stereocenters. The van der Waals surface area contributed by atoms with E-state index in [2.05, 4.69) is 5.32 Å². The molecule has 0 fully saturated rings. The average molecular weight is 344 g/mol. The van der Waals surface area contributed by atoms with Gasteiger partial charge in [0.2, 0.25) is 0 Å². The summed E-state index contributed by atoms with van der Waals surface area (Å²) >= 11 is 6.00. The van der Waals surface area contributed by atoms with Crippen molar-refractivity contribution in [2.75, 3.05) is 12.4 Å². The molecular weight excluding hydrogens is 326 g/mol. The summed E-state index contributed by atoms with van der Waals surface area (Å²) < 4.78 is 10.9. The largest absolute Gasteiger partial charge is 0.495 e. The van der Waals surface area contributed by atoms with Crippen molar-refractivity contribution in [1.29, 1.82) is 0 Å². The molecule has 1 heterocycles. The number of carbonyl (C=O) groups excluding carboxylic acids is 1. The van der Waals surface area contributed by atoms with E-state index in [9.17, 15) is 4.79 Å². The summed E-state index contributed by atoms with van der Waals surface area (Å²) in [5.41, 5.74) is 2.68. The van der Waals surface area contributed by atoms with Gasteiger partial charge in [0.25, 0.3) is 0 Å². The molecule has 3 rings (SSSR count). The maximum atomic E-state index is 11.7. The van der Waals surface area contributed by atoms with E-state index in [0.29, 0.717) is 5.02 Å². The lowest BCUT2D eigenvalue weighted by molar-refractivity contribution is -0.139. The number of benzene rings is 2. The molecule has 0 aromatic heterocycles. The van der Waals surface area contributed by atoms with Crippen LogP contribution in [-0.4, -0.2) is 19.2 Å². The van der Waals surface area contributed by atoms with Crippen molar-refractivity contribution in [3.63, 3.8) is 0 Å². The van der Waals surface area contributed by atoms with Gasteiger partial charge in [0.1, 0.15) is 11.9 Å². The molecule has 0 saturated carbocycles. The molecule has 24 heavy (non-hydrogen) atoms. The lowest BCUT2D eigenvalue weighted by atomic mass is 9.96. The van der Waals surface area contributed by atoms with Crippen molar-refractivity contribution >= 4 is 23.3 Å². The number of esters is 1. The molecule has 0 radical (unpaired) electrons. The van der Waals surface area contributed by atoms with Crippen LogP contribution in [0.2, 0.25) is 5.02 Å². The first-order chi connectivity index (χ1) is 11.6. The third-order valence-corrected chi connectivity index (χ3v) is 4.24. The summed E-state index contributed by atoms with van der Waals surface area (Å²) in [5.74, 6) is 0.403. The highest BCUT2D eigenvalue weighted by atomic mass is 35.5. The van der Waals surface area contributed by atoms with Crippen LogP contribution in [0, 0.1) is 0 Å². The van der Waals surface area contributed by atoms with Gasteiger partial charge in [-0.1, -0.05) is 35.9 Å². The number of nitrogens with one attached hydrogen (secondary N) is 1. The van der Waals surface area contributed by atoms with Gasteiger partial charge in [0.05, 0.1) is 18.8 Å². The third-order valence-electron chi connectivity index (χ3n) is 3.99. The second kappa shape index (κ2) is 6.97. The number of anilines is 1. The van der Waals surface area contributed by atoms with Gasteiger partial charge in [-0.15, -0.1) is 0 Å². The van der Waals surface area contributed by atoms with Gasteiger partial charge in [0.15, 0.2) is 0 Å². The van der Waals surface area contributed by atoms with Crippen LogP contribution < -0.4 is 10.1 Å². The van der Waals surface area contributed by atoms with Crippen LogP contribution in [0.25, 0.3) is 0 Å². The first kappa shape index (κ1) is 16.4. The summed E-state index contributed by atoms with van der Waals surface area (Å²) in [6, 6.07) is 14.9. The molecule has 0 saturated heterocycles. The SMILES string of the molecule is COc1ccccc1N[C@@H](c1ccc(Cl)cc1)[C@@H]1OC(=O)C=C1C. The van der Waals surface area contributed by atoms with Gasteiger partial charge in [-0.3, -0.25) is 0 Å². The zero-order valence-electron chi connectivity index (χ0n) is 13.5. The number of cyclic esters (lactones) is 1. The van der Waals surface area contributed by atoms with E-state index in [1.165, 1.54) is 6.08 Å². The molecule has 4 nitrogen and oxygen atoms in total. The molecule has 0 aliphatic carbocycles. The quantitative estimate of drug-likeness (QED) is 0.819. The Morgan fingerprint density at radius 3 is 2.50 bits per heavy atom. The molecular formula is C19H18ClNO3. The van der Waals surface area contributed by atoms with Crippen LogP contribution in [0.15, 0.2) is 60.2 Å². The summed E-state index contributed by atoms with van der Waals surface area (Å²) in [6.45, 7) is 1.89. The second-order valence-corrected chi connectivity index (χ2v) is 6.06. The van der Waals surface area contributed by atoms with Crippen molar-refractivity contribution in [1.82, 2.24) is 0 Å². The van der Waals surface area contributed by atoms with Gasteiger partial charge in [-0.2, -0.15) is 0 Å². The molecule has 0 spiro atoms. The minimum absolute atomic E-state index is 0.249. The van der Waals surface area contributed by atoms with E-state index in [1.54, 1.807) is 7.11 Å². The minimum Gasteiger partial charge on any atom is -0.495 e. The summed E-state index contributed by atoms with van der Waals surface area (Å²) in [5, 5.41) is 4.10. The van der Waals surface area contributed by atoms with E-state index in [4.69, 9.17) is 21.1 Å². The molecule has 2 atom stereocenters. The van der Waals surface area contributed by atoms with E-state index in [-0.39, 0.29) is 18.1 Å². The highest BCUT2D eigenvalue weighted by Crippen LogP contribution is 2.35. The molecule has 124 valence electrons. The van der Waals surface area contributed by atoms with Gasteiger partial charge >= 0.3 is 5.97 Å². The van der Waals surface area contributed by atoms with Crippen LogP contribution in [0.3, 0.4) is 0 Å². The van der Waals surface area contributed by atoms with Gasteiger partial charge < -0.3 is 14.8 Å². The highest BCUT2D eigenvalue weighted by molar-refractivity contribution is 6.30. The molecule has 1 N–H and O–H groups in total. The monoisotopic (exact) mass is 343 g/mol. The standard InChI is InChI=1S/C19H18ClNO3/c1-12-11-17(22)24-19(12)18(13-7-9-14(20)10-8-13)21-15-5-3-4-6-16(15)23-2/h3-11,18-19,21H,1-2H3/t18-,19+/m0/s1. The lowest BCUT2D eigenvalue weighted by Crippen LogP contribution is -2.27. The first-order valence-electron chi connectivity index (χ1n) is 7.62. The Hall–Kier alpha value is -2.46. The van der Waals surface area contributed by atoms with Gasteiger partial charge in [-0.25, -0.2) is 4.79 Å². The zero-order chi connectivity index (χ0) is 17.1. The number of rotatable bonds is 5. The molecule has 1 aliphatic rings. The molecule has 5 heteroatoms. The Bertz CT molecular complexity index is 770. The van der Waals surface area contributed by atoms with E-state index in [0.717, 1.165) is 22.6 Å². The van der Waals surface area contributed by atoms with Gasteiger partial charge in [0, 0.05) is 11.1 Å². The van der Waals surface area contributed by atoms with Crippen molar-refractivity contribution in [3.05, 3.63) is 70.8 Å². The van der Waals surface area contributed by atoms with Crippen LogP contribution in [0.5, 0.6) is 5.75 Å². The predicted octanol–water partition coefficient (Wildman–Crippen LogP) is 4.37. The Labute approximate surface area is 146 Å². The number of ether oxygens (including phenoxy) is 2. The minimum atomic E-state index is -0.386. The van der Waals surface area contributed by atoms with Gasteiger partial charge in [-0.05, 0) is 42.3 Å². The summed E-state index contributed by atoms with van der Waals surface area (Å²) in [6.07, 6.45) is 1.14. The fraction of sp³-hybridized carbons (Fsp3) is 0.211. The number of methoxy groups -OCH3 is 1. The Kier molecular flexibility index (Phi) is 4.76. The third kappa shape index (κ3) is 3.39. The predicted molar refractivity (Wildman–Crippen MR) is 94.4 cm³/mol. The maximum absolute atomic E-state index is 11.7. The molecule has 2 aromatic rings. The number of hydrogen-bond donors (Lipinski definition) is 1. The first-order valence-corrected chi connectivity index (χ1v) is 8.00. The Morgan fingerprint density at radius 2 is 1.88 bits per heavy atom. The number of carbonyl (C=O) groups is 1. The van der Waals surface area contributed by atoms with Crippen molar-refractivity contribution < 1.29 is 14.3 Å². The van der Waals surface area contributed by atoms with Crippen LogP contribution in [-0.2, 0) is 9.53 Å². The average Bonchev–Trinajstić information content (AvgIpc) is 2.92. The Morgan fingerprint density at radius 1 is 1.17 bits per heavy atom. The molecule has 0 amide bonds. The summed E-state index contributed by atoms with van der Waals surface area (Å²) in [4.78, 5) is 11.7. The molecule has 0 bridgehead atoms. The number of halogens is 1. The van der Waals surface area contributed by atoms with Crippen molar-refractivity contribution in [3.8, 4) is 5.75 Å². The fourth-order valence-electron chi connectivity index (χ4n) is 2.79. The van der Waals surface area contributed by atoms with E-state index in [1.807, 2.05) is 55.5 Å². The molecule has 2 aromatic carbocycles. The number of hydrogen-bond acceptors (Lipinski definition) is 4. The van der Waals surface area contributed by atoms with Crippen molar-refractivity contribution in [2.45, 2.75) is 19.1 Å². The summed E-state index contributed by atoms with van der Waals surface area (Å²) in [7, 11) is 1.62. The van der Waals surface area contributed by atoms with E-state index >= 15 is 0 Å². The smallest absolute Gasteiger partial charge is 0.331 e. The van der Waals surface area contributed by atoms with Crippen LogP contribution in [0.1, 0.15) is 18.5 Å². The highest BCUT2D eigenvalue weighted by Gasteiger charge is 2.32. The number of para-hydroxylation sites is 2. The topological polar surface area (TPSA) is 47.6 Å². The maximum Gasteiger partial charge on any atom is 0.331 e. The normalized spacial score (nSPS) is 17.9. The lowest BCUT2D eigenvalue weighted by Gasteiger charge is -2.27. The zero-order valence-corrected chi connectivity index (χ0v) is 14.2. The van der Waals surface area contributed by atoms with Crippen LogP contribution in [0.4, 0.5) is 5.69 Å². The second-order valence-electron chi connectivity index (χ2n) is 5.62. The van der Waals surface area contributed by atoms with Crippen LogP contribution >= 0.6 is 11.6 Å².